The summed E-state index contributed by atoms with van der Waals surface area (Å²) in [5.41, 5.74) is -0.135. The summed E-state index contributed by atoms with van der Waals surface area (Å²) < 4.78 is 0. The van der Waals surface area contributed by atoms with Crippen LogP contribution in [0.25, 0.3) is 0 Å². The number of carbonyl (C=O) groups excluding carboxylic acids is 1. The fourth-order valence-corrected chi connectivity index (χ4v) is 3.38. The predicted molar refractivity (Wildman–Crippen MR) is 85.8 cm³/mol. The van der Waals surface area contributed by atoms with Crippen molar-refractivity contribution in [1.82, 2.24) is 10.2 Å². The zero-order valence-corrected chi connectivity index (χ0v) is 14.0. The highest BCUT2D eigenvalue weighted by Gasteiger charge is 2.41. The molecule has 1 amide bonds. The summed E-state index contributed by atoms with van der Waals surface area (Å²) in [5.74, 6) is 0.401. The Labute approximate surface area is 125 Å². The largest absolute Gasteiger partial charge is 0.340 e. The zero-order valence-electron chi connectivity index (χ0n) is 14.0. The minimum absolute atomic E-state index is 0.135. The second-order valence-corrected chi connectivity index (χ2v) is 6.61. The van der Waals surface area contributed by atoms with Gasteiger partial charge in [0.1, 0.15) is 0 Å². The predicted octanol–water partition coefficient (Wildman–Crippen LogP) is 3.58. The van der Waals surface area contributed by atoms with Gasteiger partial charge in [-0.1, -0.05) is 33.1 Å². The van der Waals surface area contributed by atoms with Crippen LogP contribution in [0.1, 0.15) is 72.6 Å². The SMILES string of the molecule is CCCCCN(C(=O)C1(CCC)CCCNC1)C(C)C. The van der Waals surface area contributed by atoms with E-state index in [0.29, 0.717) is 11.9 Å². The van der Waals surface area contributed by atoms with Gasteiger partial charge in [0.25, 0.3) is 0 Å². The first-order chi connectivity index (χ1) is 9.57. The van der Waals surface area contributed by atoms with Gasteiger partial charge >= 0.3 is 0 Å². The normalized spacial score (nSPS) is 23.1. The van der Waals surface area contributed by atoms with E-state index in [0.717, 1.165) is 51.7 Å². The van der Waals surface area contributed by atoms with Crippen LogP contribution in [0.4, 0.5) is 0 Å². The molecular weight excluding hydrogens is 248 g/mol. The Morgan fingerprint density at radius 3 is 2.50 bits per heavy atom. The van der Waals surface area contributed by atoms with E-state index < -0.39 is 0 Å². The third kappa shape index (κ3) is 4.47. The number of nitrogens with zero attached hydrogens (tertiary/aromatic N) is 1. The first-order valence-electron chi connectivity index (χ1n) is 8.59. The lowest BCUT2D eigenvalue weighted by atomic mass is 9.75. The quantitative estimate of drug-likeness (QED) is 0.690. The molecule has 1 saturated heterocycles. The van der Waals surface area contributed by atoms with Gasteiger partial charge in [-0.05, 0) is 46.1 Å². The van der Waals surface area contributed by atoms with Gasteiger partial charge in [0, 0.05) is 19.1 Å². The van der Waals surface area contributed by atoms with E-state index in [9.17, 15) is 4.79 Å². The van der Waals surface area contributed by atoms with Crippen LogP contribution in [0.5, 0.6) is 0 Å². The molecule has 0 radical (unpaired) electrons. The smallest absolute Gasteiger partial charge is 0.230 e. The lowest BCUT2D eigenvalue weighted by Gasteiger charge is -2.41. The fraction of sp³-hybridized carbons (Fsp3) is 0.941. The number of nitrogens with one attached hydrogen (secondary N) is 1. The van der Waals surface area contributed by atoms with Gasteiger partial charge in [0.15, 0.2) is 0 Å². The van der Waals surface area contributed by atoms with E-state index in [1.54, 1.807) is 0 Å². The molecule has 1 unspecified atom stereocenters. The van der Waals surface area contributed by atoms with Gasteiger partial charge in [0.05, 0.1) is 5.41 Å². The molecule has 0 aromatic heterocycles. The lowest BCUT2D eigenvalue weighted by Crippen LogP contribution is -2.53. The van der Waals surface area contributed by atoms with E-state index in [2.05, 4.69) is 37.9 Å². The second kappa shape index (κ2) is 8.66. The fourth-order valence-electron chi connectivity index (χ4n) is 3.38. The Morgan fingerprint density at radius 1 is 1.25 bits per heavy atom. The maximum atomic E-state index is 13.1. The van der Waals surface area contributed by atoms with Crippen molar-refractivity contribution >= 4 is 5.91 Å². The Bertz CT molecular complexity index is 277. The number of hydrogen-bond acceptors (Lipinski definition) is 2. The minimum Gasteiger partial charge on any atom is -0.340 e. The summed E-state index contributed by atoms with van der Waals surface area (Å²) >= 11 is 0. The third-order valence-electron chi connectivity index (χ3n) is 4.54. The van der Waals surface area contributed by atoms with Gasteiger partial charge < -0.3 is 10.2 Å². The molecule has 3 heteroatoms. The first-order valence-corrected chi connectivity index (χ1v) is 8.59. The maximum absolute atomic E-state index is 13.1. The minimum atomic E-state index is -0.135. The number of piperidine rings is 1. The van der Waals surface area contributed by atoms with Crippen molar-refractivity contribution in [3.8, 4) is 0 Å². The van der Waals surface area contributed by atoms with Crippen LogP contribution in [0.2, 0.25) is 0 Å². The molecule has 0 bridgehead atoms. The summed E-state index contributed by atoms with van der Waals surface area (Å²) in [6.07, 6.45) is 7.87. The Morgan fingerprint density at radius 2 is 2.00 bits per heavy atom. The average Bonchev–Trinajstić information content (AvgIpc) is 2.44. The Balaban J connectivity index is 2.77. The van der Waals surface area contributed by atoms with E-state index in [4.69, 9.17) is 0 Å². The van der Waals surface area contributed by atoms with Crippen LogP contribution in [0.15, 0.2) is 0 Å². The van der Waals surface area contributed by atoms with Crippen LogP contribution in [-0.2, 0) is 4.79 Å². The number of carbonyl (C=O) groups is 1. The summed E-state index contributed by atoms with van der Waals surface area (Å²) in [6, 6.07) is 0.315. The summed E-state index contributed by atoms with van der Waals surface area (Å²) in [5, 5.41) is 3.45. The lowest BCUT2D eigenvalue weighted by molar-refractivity contribution is -0.145. The van der Waals surface area contributed by atoms with Crippen LogP contribution in [0.3, 0.4) is 0 Å². The summed E-state index contributed by atoms with van der Waals surface area (Å²) in [4.78, 5) is 15.3. The number of unbranched alkanes of at least 4 members (excludes halogenated alkanes) is 2. The number of rotatable bonds is 8. The van der Waals surface area contributed by atoms with Crippen molar-refractivity contribution in [3.63, 3.8) is 0 Å². The number of hydrogen-bond donors (Lipinski definition) is 1. The van der Waals surface area contributed by atoms with Crippen molar-refractivity contribution < 1.29 is 4.79 Å². The molecule has 0 aliphatic carbocycles. The zero-order chi connectivity index (χ0) is 15.0. The van der Waals surface area contributed by atoms with Gasteiger partial charge in [-0.2, -0.15) is 0 Å². The van der Waals surface area contributed by atoms with E-state index >= 15 is 0 Å². The maximum Gasteiger partial charge on any atom is 0.230 e. The molecule has 1 N–H and O–H groups in total. The monoisotopic (exact) mass is 282 g/mol. The molecule has 0 aromatic carbocycles. The Hall–Kier alpha value is -0.570. The van der Waals surface area contributed by atoms with Crippen molar-refractivity contribution in [1.29, 1.82) is 0 Å². The van der Waals surface area contributed by atoms with Crippen LogP contribution in [0, 0.1) is 5.41 Å². The molecular formula is C17H34N2O. The van der Waals surface area contributed by atoms with E-state index in [-0.39, 0.29) is 5.41 Å². The van der Waals surface area contributed by atoms with Crippen molar-refractivity contribution in [3.05, 3.63) is 0 Å². The molecule has 1 atom stereocenters. The molecule has 118 valence electrons. The topological polar surface area (TPSA) is 32.3 Å². The summed E-state index contributed by atoms with van der Waals surface area (Å²) in [6.45, 7) is 11.6. The highest BCUT2D eigenvalue weighted by Crippen LogP contribution is 2.34. The van der Waals surface area contributed by atoms with Gasteiger partial charge in [-0.3, -0.25) is 4.79 Å². The summed E-state index contributed by atoms with van der Waals surface area (Å²) in [7, 11) is 0. The van der Waals surface area contributed by atoms with E-state index in [1.807, 2.05) is 0 Å². The molecule has 0 aromatic rings. The average molecular weight is 282 g/mol. The highest BCUT2D eigenvalue weighted by molar-refractivity contribution is 5.83. The Kier molecular flexibility index (Phi) is 7.57. The number of amides is 1. The standard InChI is InChI=1S/C17H34N2O/c1-5-7-8-13-19(15(3)4)16(20)17(10-6-2)11-9-12-18-14-17/h15,18H,5-14H2,1-4H3. The highest BCUT2D eigenvalue weighted by atomic mass is 16.2. The molecule has 0 spiro atoms. The van der Waals surface area contributed by atoms with Crippen LogP contribution >= 0.6 is 0 Å². The molecule has 1 fully saturated rings. The second-order valence-electron chi connectivity index (χ2n) is 6.61. The van der Waals surface area contributed by atoms with Crippen molar-refractivity contribution in [2.24, 2.45) is 5.41 Å². The molecule has 1 heterocycles. The van der Waals surface area contributed by atoms with Gasteiger partial charge in [-0.25, -0.2) is 0 Å². The van der Waals surface area contributed by atoms with Gasteiger partial charge in [-0.15, -0.1) is 0 Å². The van der Waals surface area contributed by atoms with E-state index in [1.165, 1.54) is 12.8 Å². The third-order valence-corrected chi connectivity index (χ3v) is 4.54. The van der Waals surface area contributed by atoms with Gasteiger partial charge in [0.2, 0.25) is 5.91 Å². The molecule has 3 nitrogen and oxygen atoms in total. The molecule has 1 aliphatic rings. The molecule has 0 saturated carbocycles. The van der Waals surface area contributed by atoms with Crippen molar-refractivity contribution in [2.75, 3.05) is 19.6 Å². The molecule has 1 aliphatic heterocycles. The van der Waals surface area contributed by atoms with Crippen LogP contribution < -0.4 is 5.32 Å². The molecule has 20 heavy (non-hydrogen) atoms. The van der Waals surface area contributed by atoms with Crippen molar-refractivity contribution in [2.45, 2.75) is 78.7 Å². The molecule has 1 rings (SSSR count). The first kappa shape index (κ1) is 17.5. The van der Waals surface area contributed by atoms with Crippen LogP contribution in [-0.4, -0.2) is 36.5 Å².